The van der Waals surface area contributed by atoms with Crippen LogP contribution in [0.1, 0.15) is 30.1 Å². The van der Waals surface area contributed by atoms with Gasteiger partial charge in [-0.2, -0.15) is 0 Å². The summed E-state index contributed by atoms with van der Waals surface area (Å²) in [5, 5.41) is 10.5. The second-order valence-electron chi connectivity index (χ2n) is 5.02. The van der Waals surface area contributed by atoms with Crippen molar-refractivity contribution in [1.29, 1.82) is 0 Å². The quantitative estimate of drug-likeness (QED) is 0.586. The predicted octanol–water partition coefficient (Wildman–Crippen LogP) is 3.76. The molecule has 0 atom stereocenters. The summed E-state index contributed by atoms with van der Waals surface area (Å²) in [6.07, 6.45) is 3.72. The molecule has 0 saturated heterocycles. The van der Waals surface area contributed by atoms with Gasteiger partial charge in [-0.05, 0) is 30.7 Å². The lowest BCUT2D eigenvalue weighted by atomic mass is 10.1. The van der Waals surface area contributed by atoms with Gasteiger partial charge in [0.25, 0.3) is 0 Å². The number of rotatable bonds is 4. The van der Waals surface area contributed by atoms with E-state index in [0.29, 0.717) is 12.2 Å². The fourth-order valence-electron chi connectivity index (χ4n) is 2.52. The zero-order chi connectivity index (χ0) is 14.8. The first-order valence-corrected chi connectivity index (χ1v) is 7.11. The Morgan fingerprint density at radius 3 is 2.90 bits per heavy atom. The van der Waals surface area contributed by atoms with Crippen molar-refractivity contribution in [3.8, 4) is 5.75 Å². The molecule has 3 rings (SSSR count). The molecular formula is C17H17NO3. The molecular weight excluding hydrogens is 266 g/mol. The number of pyridine rings is 1. The molecule has 21 heavy (non-hydrogen) atoms. The lowest BCUT2D eigenvalue weighted by Gasteiger charge is -2.03. The van der Waals surface area contributed by atoms with Crippen LogP contribution in [0.4, 0.5) is 0 Å². The zero-order valence-corrected chi connectivity index (χ0v) is 11.9. The Hall–Kier alpha value is -2.49. The normalized spacial score (nSPS) is 11.1. The lowest BCUT2D eigenvalue weighted by Crippen LogP contribution is -2.06. The minimum atomic E-state index is -0.312. The Balaban J connectivity index is 2.17. The van der Waals surface area contributed by atoms with E-state index in [1.165, 1.54) is 0 Å². The Bertz CT molecular complexity index is 804. The zero-order valence-electron chi connectivity index (χ0n) is 11.9. The summed E-state index contributed by atoms with van der Waals surface area (Å²) in [6, 6.07) is 10.7. The number of benzene rings is 1. The standard InChI is InChI=1S/C17H17NO3/c1-2-3-10-21-17(20)16-13-8-7-12(19)11-15(13)18-9-5-4-6-14(16)18/h4-9,11,19H,2-3,10H2,1H3. The number of hydrogen-bond acceptors (Lipinski definition) is 3. The second-order valence-corrected chi connectivity index (χ2v) is 5.02. The minimum absolute atomic E-state index is 0.177. The van der Waals surface area contributed by atoms with Gasteiger partial charge in [-0.3, -0.25) is 0 Å². The summed E-state index contributed by atoms with van der Waals surface area (Å²) in [5.74, 6) is -0.135. The van der Waals surface area contributed by atoms with Gasteiger partial charge in [0.15, 0.2) is 0 Å². The fourth-order valence-corrected chi connectivity index (χ4v) is 2.52. The molecule has 0 amide bonds. The summed E-state index contributed by atoms with van der Waals surface area (Å²) in [7, 11) is 0. The Kier molecular flexibility index (Phi) is 3.52. The Morgan fingerprint density at radius 2 is 2.10 bits per heavy atom. The Labute approximate surface area is 122 Å². The van der Waals surface area contributed by atoms with Gasteiger partial charge in [-0.25, -0.2) is 4.79 Å². The number of ether oxygens (including phenoxy) is 1. The van der Waals surface area contributed by atoms with Crippen molar-refractivity contribution in [2.45, 2.75) is 19.8 Å². The third-order valence-electron chi connectivity index (χ3n) is 3.56. The molecule has 1 aromatic carbocycles. The molecule has 0 spiro atoms. The van der Waals surface area contributed by atoms with Crippen LogP contribution in [-0.2, 0) is 4.74 Å². The topological polar surface area (TPSA) is 50.9 Å². The van der Waals surface area contributed by atoms with Crippen LogP contribution in [0.3, 0.4) is 0 Å². The number of aromatic nitrogens is 1. The highest BCUT2D eigenvalue weighted by atomic mass is 16.5. The predicted molar refractivity (Wildman–Crippen MR) is 81.8 cm³/mol. The smallest absolute Gasteiger partial charge is 0.340 e. The van der Waals surface area contributed by atoms with Crippen LogP contribution < -0.4 is 0 Å². The van der Waals surface area contributed by atoms with E-state index >= 15 is 0 Å². The van der Waals surface area contributed by atoms with E-state index in [0.717, 1.165) is 29.3 Å². The minimum Gasteiger partial charge on any atom is -0.508 e. The van der Waals surface area contributed by atoms with Crippen molar-refractivity contribution in [2.75, 3.05) is 6.61 Å². The van der Waals surface area contributed by atoms with Crippen molar-refractivity contribution < 1.29 is 14.6 Å². The first-order chi connectivity index (χ1) is 10.2. The van der Waals surface area contributed by atoms with Gasteiger partial charge in [0.1, 0.15) is 5.75 Å². The van der Waals surface area contributed by atoms with Gasteiger partial charge in [0.2, 0.25) is 0 Å². The SMILES string of the molecule is CCCCOC(=O)c1c2ccc(O)cc2n2ccccc12. The number of phenols is 1. The third-order valence-corrected chi connectivity index (χ3v) is 3.56. The number of unbranched alkanes of at least 4 members (excludes halogenated alkanes) is 1. The number of carbonyl (C=O) groups excluding carboxylic acids is 1. The van der Waals surface area contributed by atoms with Gasteiger partial charge in [-0.1, -0.05) is 19.4 Å². The van der Waals surface area contributed by atoms with E-state index in [1.807, 2.05) is 28.8 Å². The molecule has 0 radical (unpaired) electrons. The molecule has 2 aromatic heterocycles. The van der Waals surface area contributed by atoms with Gasteiger partial charge < -0.3 is 14.2 Å². The number of carbonyl (C=O) groups is 1. The van der Waals surface area contributed by atoms with Crippen molar-refractivity contribution in [3.63, 3.8) is 0 Å². The van der Waals surface area contributed by atoms with Crippen LogP contribution in [-0.4, -0.2) is 22.1 Å². The number of esters is 1. The van der Waals surface area contributed by atoms with Crippen LogP contribution in [0.5, 0.6) is 5.75 Å². The third kappa shape index (κ3) is 2.33. The van der Waals surface area contributed by atoms with E-state index in [1.54, 1.807) is 18.2 Å². The molecule has 108 valence electrons. The molecule has 0 aliphatic rings. The maximum absolute atomic E-state index is 12.4. The summed E-state index contributed by atoms with van der Waals surface area (Å²) in [5.41, 5.74) is 2.15. The Morgan fingerprint density at radius 1 is 1.24 bits per heavy atom. The monoisotopic (exact) mass is 283 g/mol. The molecule has 0 saturated carbocycles. The van der Waals surface area contributed by atoms with Crippen LogP contribution in [0.25, 0.3) is 16.4 Å². The largest absolute Gasteiger partial charge is 0.508 e. The van der Waals surface area contributed by atoms with Crippen molar-refractivity contribution >= 4 is 22.4 Å². The van der Waals surface area contributed by atoms with Gasteiger partial charge in [-0.15, -0.1) is 0 Å². The van der Waals surface area contributed by atoms with Crippen LogP contribution >= 0.6 is 0 Å². The van der Waals surface area contributed by atoms with Gasteiger partial charge in [0, 0.05) is 17.6 Å². The highest BCUT2D eigenvalue weighted by Crippen LogP contribution is 2.29. The number of nitrogens with zero attached hydrogens (tertiary/aromatic N) is 1. The number of fused-ring (bicyclic) bond motifs is 3. The molecule has 4 heteroatoms. The van der Waals surface area contributed by atoms with Gasteiger partial charge >= 0.3 is 5.97 Å². The van der Waals surface area contributed by atoms with Crippen molar-refractivity contribution in [2.24, 2.45) is 0 Å². The molecule has 1 N–H and O–H groups in total. The molecule has 2 heterocycles. The van der Waals surface area contributed by atoms with E-state index in [9.17, 15) is 9.90 Å². The van der Waals surface area contributed by atoms with Crippen molar-refractivity contribution in [1.82, 2.24) is 4.40 Å². The van der Waals surface area contributed by atoms with Crippen molar-refractivity contribution in [3.05, 3.63) is 48.2 Å². The van der Waals surface area contributed by atoms with E-state index < -0.39 is 0 Å². The van der Waals surface area contributed by atoms with Crippen LogP contribution in [0.15, 0.2) is 42.6 Å². The molecule has 0 bridgehead atoms. The van der Waals surface area contributed by atoms with E-state index in [-0.39, 0.29) is 11.7 Å². The molecule has 0 aliphatic carbocycles. The lowest BCUT2D eigenvalue weighted by molar-refractivity contribution is 0.0504. The maximum atomic E-state index is 12.4. The number of hydrogen-bond donors (Lipinski definition) is 1. The van der Waals surface area contributed by atoms with E-state index in [4.69, 9.17) is 4.74 Å². The second kappa shape index (κ2) is 5.48. The highest BCUT2D eigenvalue weighted by Gasteiger charge is 2.19. The summed E-state index contributed by atoms with van der Waals surface area (Å²) in [4.78, 5) is 12.4. The highest BCUT2D eigenvalue weighted by molar-refractivity contribution is 6.11. The van der Waals surface area contributed by atoms with E-state index in [2.05, 4.69) is 6.92 Å². The van der Waals surface area contributed by atoms with Crippen LogP contribution in [0.2, 0.25) is 0 Å². The van der Waals surface area contributed by atoms with Crippen LogP contribution in [0, 0.1) is 0 Å². The average molecular weight is 283 g/mol. The first kappa shape index (κ1) is 13.5. The fraction of sp³-hybridized carbons (Fsp3) is 0.235. The first-order valence-electron chi connectivity index (χ1n) is 7.11. The number of aromatic hydroxyl groups is 1. The summed E-state index contributed by atoms with van der Waals surface area (Å²) >= 11 is 0. The molecule has 0 unspecified atom stereocenters. The molecule has 4 nitrogen and oxygen atoms in total. The number of phenolic OH excluding ortho intramolecular Hbond substituents is 1. The molecule has 3 aromatic rings. The summed E-state index contributed by atoms with van der Waals surface area (Å²) < 4.78 is 7.25. The molecule has 0 aliphatic heterocycles. The van der Waals surface area contributed by atoms with Gasteiger partial charge in [0.05, 0.1) is 23.2 Å². The summed E-state index contributed by atoms with van der Waals surface area (Å²) in [6.45, 7) is 2.48. The average Bonchev–Trinajstić information content (AvgIpc) is 2.81. The maximum Gasteiger partial charge on any atom is 0.340 e. The molecule has 0 fully saturated rings.